The highest BCUT2D eigenvalue weighted by molar-refractivity contribution is 5.41. The highest BCUT2D eigenvalue weighted by Gasteiger charge is 2.23. The van der Waals surface area contributed by atoms with Gasteiger partial charge in [0.05, 0.1) is 12.3 Å². The van der Waals surface area contributed by atoms with Gasteiger partial charge in [-0.2, -0.15) is 0 Å². The summed E-state index contributed by atoms with van der Waals surface area (Å²) in [5.41, 5.74) is 6.85. The van der Waals surface area contributed by atoms with Crippen LogP contribution < -0.4 is 16.6 Å². The van der Waals surface area contributed by atoms with Gasteiger partial charge in [-0.1, -0.05) is 12.8 Å². The van der Waals surface area contributed by atoms with Gasteiger partial charge in [0.15, 0.2) is 0 Å². The average molecular weight is 279 g/mol. The van der Waals surface area contributed by atoms with Gasteiger partial charge in [-0.3, -0.25) is 4.79 Å². The Morgan fingerprint density at radius 3 is 2.95 bits per heavy atom. The van der Waals surface area contributed by atoms with Gasteiger partial charge in [0, 0.05) is 32.0 Å². The van der Waals surface area contributed by atoms with E-state index in [1.807, 2.05) is 12.3 Å². The van der Waals surface area contributed by atoms with Crippen LogP contribution in [-0.2, 0) is 11.3 Å². The van der Waals surface area contributed by atoms with Gasteiger partial charge in [-0.15, -0.1) is 0 Å². The van der Waals surface area contributed by atoms with E-state index in [1.165, 1.54) is 19.3 Å². The fourth-order valence-corrected chi connectivity index (χ4v) is 2.87. The number of nitrogens with zero attached hydrogens (tertiary/aromatic N) is 1. The maximum atomic E-state index is 11.7. The number of hydrogen-bond donors (Lipinski definition) is 2. The molecule has 0 saturated heterocycles. The van der Waals surface area contributed by atoms with E-state index in [9.17, 15) is 4.79 Å². The molecule has 5 nitrogen and oxygen atoms in total. The molecule has 1 heterocycles. The van der Waals surface area contributed by atoms with Crippen LogP contribution in [0.15, 0.2) is 23.1 Å². The maximum Gasteiger partial charge on any atom is 0.250 e. The number of anilines is 1. The lowest BCUT2D eigenvalue weighted by atomic mass is 9.84. The Kier molecular flexibility index (Phi) is 5.61. The van der Waals surface area contributed by atoms with Crippen molar-refractivity contribution in [2.45, 2.75) is 38.3 Å². The van der Waals surface area contributed by atoms with Crippen LogP contribution >= 0.6 is 0 Å². The normalized spacial score (nSPS) is 22.7. The van der Waals surface area contributed by atoms with E-state index in [2.05, 4.69) is 5.32 Å². The molecule has 1 saturated carbocycles. The number of rotatable bonds is 6. The summed E-state index contributed by atoms with van der Waals surface area (Å²) in [6.07, 6.45) is 6.74. The second-order valence-corrected chi connectivity index (χ2v) is 5.47. The molecule has 1 aromatic heterocycles. The lowest BCUT2D eigenvalue weighted by Crippen LogP contribution is -2.37. The topological polar surface area (TPSA) is 69.3 Å². The SMILES string of the molecule is COCCn1cc(NC2CCCCC2CN)ccc1=O. The first-order chi connectivity index (χ1) is 9.74. The van der Waals surface area contributed by atoms with E-state index < -0.39 is 0 Å². The monoisotopic (exact) mass is 279 g/mol. The zero-order valence-corrected chi connectivity index (χ0v) is 12.2. The van der Waals surface area contributed by atoms with E-state index in [4.69, 9.17) is 10.5 Å². The van der Waals surface area contributed by atoms with E-state index in [1.54, 1.807) is 17.7 Å². The minimum atomic E-state index is 0.00613. The summed E-state index contributed by atoms with van der Waals surface area (Å²) >= 11 is 0. The van der Waals surface area contributed by atoms with E-state index >= 15 is 0 Å². The number of ether oxygens (including phenoxy) is 1. The van der Waals surface area contributed by atoms with E-state index in [0.29, 0.717) is 25.1 Å². The smallest absolute Gasteiger partial charge is 0.250 e. The third kappa shape index (κ3) is 3.84. The highest BCUT2D eigenvalue weighted by Crippen LogP contribution is 2.26. The number of hydrogen-bond acceptors (Lipinski definition) is 4. The first-order valence-corrected chi connectivity index (χ1v) is 7.40. The van der Waals surface area contributed by atoms with Gasteiger partial charge >= 0.3 is 0 Å². The van der Waals surface area contributed by atoms with Crippen molar-refractivity contribution in [3.8, 4) is 0 Å². The van der Waals surface area contributed by atoms with E-state index in [0.717, 1.165) is 18.7 Å². The molecule has 1 aliphatic rings. The summed E-state index contributed by atoms with van der Waals surface area (Å²) < 4.78 is 6.72. The van der Waals surface area contributed by atoms with Crippen molar-refractivity contribution in [2.75, 3.05) is 25.6 Å². The minimum Gasteiger partial charge on any atom is -0.383 e. The van der Waals surface area contributed by atoms with Crippen molar-refractivity contribution in [1.29, 1.82) is 0 Å². The summed E-state index contributed by atoms with van der Waals surface area (Å²) in [6, 6.07) is 3.88. The number of methoxy groups -OCH3 is 1. The Morgan fingerprint density at radius 2 is 2.20 bits per heavy atom. The van der Waals surface area contributed by atoms with Gasteiger partial charge in [0.25, 0.3) is 5.56 Å². The summed E-state index contributed by atoms with van der Waals surface area (Å²) in [5.74, 6) is 0.531. The molecule has 1 aliphatic carbocycles. The first-order valence-electron chi connectivity index (χ1n) is 7.40. The van der Waals surface area contributed by atoms with E-state index in [-0.39, 0.29) is 5.56 Å². The number of pyridine rings is 1. The predicted octanol–water partition coefficient (Wildman–Crippen LogP) is 1.42. The Balaban J connectivity index is 2.06. The predicted molar refractivity (Wildman–Crippen MR) is 81.0 cm³/mol. The first kappa shape index (κ1) is 15.1. The molecule has 2 rings (SSSR count). The molecule has 3 N–H and O–H groups in total. The van der Waals surface area contributed by atoms with Gasteiger partial charge in [-0.25, -0.2) is 0 Å². The molecular formula is C15H25N3O2. The number of nitrogens with two attached hydrogens (primary N) is 1. The molecule has 20 heavy (non-hydrogen) atoms. The fraction of sp³-hybridized carbons (Fsp3) is 0.667. The Bertz CT molecular complexity index is 472. The molecular weight excluding hydrogens is 254 g/mol. The maximum absolute atomic E-state index is 11.7. The lowest BCUT2D eigenvalue weighted by Gasteiger charge is -2.32. The molecule has 0 spiro atoms. The van der Waals surface area contributed by atoms with Gasteiger partial charge < -0.3 is 20.4 Å². The average Bonchev–Trinajstić information content (AvgIpc) is 2.48. The number of nitrogens with one attached hydrogen (secondary N) is 1. The third-order valence-corrected chi connectivity index (χ3v) is 4.08. The Hall–Kier alpha value is -1.33. The third-order valence-electron chi connectivity index (χ3n) is 4.08. The molecule has 1 aromatic rings. The van der Waals surface area contributed by atoms with Crippen molar-refractivity contribution in [3.63, 3.8) is 0 Å². The van der Waals surface area contributed by atoms with Crippen LogP contribution in [0.5, 0.6) is 0 Å². The van der Waals surface area contributed by atoms with Gasteiger partial charge in [0.1, 0.15) is 0 Å². The lowest BCUT2D eigenvalue weighted by molar-refractivity contribution is 0.186. The van der Waals surface area contributed by atoms with Crippen molar-refractivity contribution in [1.82, 2.24) is 4.57 Å². The molecule has 112 valence electrons. The summed E-state index contributed by atoms with van der Waals surface area (Å²) in [6.45, 7) is 1.84. The van der Waals surface area contributed by atoms with Gasteiger partial charge in [-0.05, 0) is 31.4 Å². The minimum absolute atomic E-state index is 0.00613. The van der Waals surface area contributed by atoms with Crippen LogP contribution in [0.25, 0.3) is 0 Å². The second kappa shape index (κ2) is 7.45. The standard InChI is InChI=1S/C15H25N3O2/c1-20-9-8-18-11-13(6-7-15(18)19)17-14-5-3-2-4-12(14)10-16/h6-7,11-12,14,17H,2-5,8-10,16H2,1H3. The molecule has 2 unspecified atom stereocenters. The largest absolute Gasteiger partial charge is 0.383 e. The summed E-state index contributed by atoms with van der Waals surface area (Å²) in [7, 11) is 1.64. The van der Waals surface area contributed by atoms with Crippen molar-refractivity contribution >= 4 is 5.69 Å². The molecule has 2 atom stereocenters. The molecule has 0 radical (unpaired) electrons. The number of aromatic nitrogens is 1. The van der Waals surface area contributed by atoms with Crippen LogP contribution in [0, 0.1) is 5.92 Å². The van der Waals surface area contributed by atoms with Crippen molar-refractivity contribution < 1.29 is 4.74 Å². The van der Waals surface area contributed by atoms with Crippen molar-refractivity contribution in [2.24, 2.45) is 11.7 Å². The fourth-order valence-electron chi connectivity index (χ4n) is 2.87. The quantitative estimate of drug-likeness (QED) is 0.826. The van der Waals surface area contributed by atoms with Crippen LogP contribution in [0.4, 0.5) is 5.69 Å². The zero-order chi connectivity index (χ0) is 14.4. The Labute approximate surface area is 120 Å². The summed E-state index contributed by atoms with van der Waals surface area (Å²) in [5, 5.41) is 3.55. The van der Waals surface area contributed by atoms with Crippen LogP contribution in [-0.4, -0.2) is 30.9 Å². The summed E-state index contributed by atoms with van der Waals surface area (Å²) in [4.78, 5) is 11.7. The molecule has 5 heteroatoms. The molecule has 1 fully saturated rings. The molecule has 0 bridgehead atoms. The Morgan fingerprint density at radius 1 is 1.40 bits per heavy atom. The van der Waals surface area contributed by atoms with Crippen LogP contribution in [0.3, 0.4) is 0 Å². The zero-order valence-electron chi connectivity index (χ0n) is 12.2. The van der Waals surface area contributed by atoms with Crippen LogP contribution in [0.2, 0.25) is 0 Å². The molecule has 0 amide bonds. The molecule has 0 aromatic carbocycles. The van der Waals surface area contributed by atoms with Crippen molar-refractivity contribution in [3.05, 3.63) is 28.7 Å². The van der Waals surface area contributed by atoms with Crippen LogP contribution in [0.1, 0.15) is 25.7 Å². The second-order valence-electron chi connectivity index (χ2n) is 5.47. The highest BCUT2D eigenvalue weighted by atomic mass is 16.5. The van der Waals surface area contributed by atoms with Gasteiger partial charge in [0.2, 0.25) is 0 Å². The molecule has 0 aliphatic heterocycles.